The molecule has 0 spiro atoms. The van der Waals surface area contributed by atoms with E-state index in [0.717, 1.165) is 18.4 Å². The number of aromatic amines is 1. The van der Waals surface area contributed by atoms with Crippen molar-refractivity contribution in [1.82, 2.24) is 30.5 Å². The molecule has 2 aromatic heterocycles. The van der Waals surface area contributed by atoms with Crippen LogP contribution in [-0.2, 0) is 11.3 Å². The van der Waals surface area contributed by atoms with Crippen LogP contribution >= 0.6 is 0 Å². The number of ether oxygens (including phenoxy) is 1. The highest BCUT2D eigenvalue weighted by molar-refractivity contribution is 6.10. The Morgan fingerprint density at radius 2 is 2.00 bits per heavy atom. The number of carbonyl (C=O) groups excluding carboxylic acids is 3. The summed E-state index contributed by atoms with van der Waals surface area (Å²) >= 11 is 0. The molecular formula is C24H27N9O4. The molecule has 5 rings (SSSR count). The lowest BCUT2D eigenvalue weighted by Gasteiger charge is -2.32. The van der Waals surface area contributed by atoms with Gasteiger partial charge in [0.25, 0.3) is 17.7 Å². The summed E-state index contributed by atoms with van der Waals surface area (Å²) in [7, 11) is 0. The molecule has 0 aliphatic carbocycles. The number of rotatable bonds is 6. The first-order valence-electron chi connectivity index (χ1n) is 11.9. The second-order valence-electron chi connectivity index (χ2n) is 9.02. The number of H-pyrrole nitrogens is 1. The number of fused-ring (bicyclic) bond motifs is 2. The molecule has 0 atom stereocenters. The summed E-state index contributed by atoms with van der Waals surface area (Å²) in [6.45, 7) is 2.07. The third-order valence-electron chi connectivity index (χ3n) is 6.56. The van der Waals surface area contributed by atoms with Gasteiger partial charge in [0.2, 0.25) is 0 Å². The molecule has 1 saturated heterocycles. The van der Waals surface area contributed by atoms with Gasteiger partial charge in [-0.25, -0.2) is 9.97 Å². The van der Waals surface area contributed by atoms with Crippen molar-refractivity contribution in [2.45, 2.75) is 19.4 Å². The normalized spacial score (nSPS) is 15.5. The highest BCUT2D eigenvalue weighted by Gasteiger charge is 2.23. The first-order chi connectivity index (χ1) is 17.9. The van der Waals surface area contributed by atoms with Crippen LogP contribution in [0.2, 0.25) is 0 Å². The molecule has 7 N–H and O–H groups in total. The Morgan fingerprint density at radius 1 is 1.19 bits per heavy atom. The smallest absolute Gasteiger partial charge is 0.272 e. The summed E-state index contributed by atoms with van der Waals surface area (Å²) in [4.78, 5) is 50.5. The minimum Gasteiger partial charge on any atom is -0.482 e. The number of anilines is 1. The summed E-state index contributed by atoms with van der Waals surface area (Å²) in [6, 6.07) is 5.28. The highest BCUT2D eigenvalue weighted by atomic mass is 16.5. The Kier molecular flexibility index (Phi) is 6.58. The molecule has 3 aromatic rings. The van der Waals surface area contributed by atoms with Gasteiger partial charge in [0.1, 0.15) is 17.6 Å². The number of aromatic nitrogens is 3. The number of nitrogens with zero attached hydrogens (tertiary/aromatic N) is 3. The number of piperidine rings is 1. The van der Waals surface area contributed by atoms with Crippen LogP contribution in [-0.4, -0.2) is 69.8 Å². The Labute approximate surface area is 211 Å². The van der Waals surface area contributed by atoms with Crippen molar-refractivity contribution in [3.05, 3.63) is 47.5 Å². The third kappa shape index (κ3) is 5.15. The summed E-state index contributed by atoms with van der Waals surface area (Å²) < 4.78 is 5.35. The van der Waals surface area contributed by atoms with Crippen molar-refractivity contribution in [3.8, 4) is 5.75 Å². The molecule has 2 aliphatic heterocycles. The van der Waals surface area contributed by atoms with Crippen LogP contribution in [0.5, 0.6) is 5.75 Å². The van der Waals surface area contributed by atoms with Gasteiger partial charge in [-0.3, -0.25) is 19.8 Å². The topological polar surface area (TPSA) is 191 Å². The van der Waals surface area contributed by atoms with Gasteiger partial charge >= 0.3 is 0 Å². The molecule has 192 valence electrons. The number of hydrogen-bond donors (Lipinski definition) is 6. The van der Waals surface area contributed by atoms with Gasteiger partial charge in [0, 0.05) is 32.4 Å². The number of amides is 3. The first-order valence-corrected chi connectivity index (χ1v) is 11.9. The average Bonchev–Trinajstić information content (AvgIpc) is 3.35. The van der Waals surface area contributed by atoms with E-state index in [1.54, 1.807) is 18.2 Å². The fourth-order valence-corrected chi connectivity index (χ4v) is 4.50. The van der Waals surface area contributed by atoms with E-state index in [-0.39, 0.29) is 36.6 Å². The van der Waals surface area contributed by atoms with Crippen molar-refractivity contribution in [2.75, 3.05) is 31.6 Å². The average molecular weight is 506 g/mol. The SMILES string of the molecule is N=C(N)N1CCC(CNC(=O)c2c[nH]c3c(C(=O)NCc4ccc5c(c4)NC(=O)CO5)ncnc23)CC1. The molecule has 3 amide bonds. The monoisotopic (exact) mass is 505 g/mol. The van der Waals surface area contributed by atoms with Crippen LogP contribution < -0.4 is 26.4 Å². The number of benzene rings is 1. The lowest BCUT2D eigenvalue weighted by molar-refractivity contribution is -0.118. The second kappa shape index (κ2) is 10.1. The number of nitrogens with one attached hydrogen (secondary N) is 5. The van der Waals surface area contributed by atoms with Crippen LogP contribution in [0.4, 0.5) is 5.69 Å². The standard InChI is InChI=1S/C24H27N9O4/c25-24(26)33-5-3-13(4-6-33)8-28-22(35)15-10-27-20-19(15)30-12-31-21(20)23(36)29-9-14-1-2-17-16(7-14)32-18(34)11-37-17/h1-2,7,10,12-13,27H,3-6,8-9,11H2,(H3,25,26)(H,28,35)(H,29,36)(H,32,34). The summed E-state index contributed by atoms with van der Waals surface area (Å²) in [5, 5.41) is 16.0. The van der Waals surface area contributed by atoms with E-state index >= 15 is 0 Å². The number of hydrogen-bond acceptors (Lipinski definition) is 7. The fraction of sp³-hybridized carbons (Fsp3) is 0.333. The van der Waals surface area contributed by atoms with Gasteiger partial charge < -0.3 is 36.3 Å². The third-order valence-corrected chi connectivity index (χ3v) is 6.56. The number of nitrogens with two attached hydrogens (primary N) is 1. The van der Waals surface area contributed by atoms with Gasteiger partial charge in [-0.1, -0.05) is 6.07 Å². The van der Waals surface area contributed by atoms with E-state index in [9.17, 15) is 14.4 Å². The predicted molar refractivity (Wildman–Crippen MR) is 134 cm³/mol. The molecule has 2 aliphatic rings. The Balaban J connectivity index is 1.22. The van der Waals surface area contributed by atoms with Gasteiger partial charge in [-0.2, -0.15) is 0 Å². The van der Waals surface area contributed by atoms with Crippen molar-refractivity contribution in [2.24, 2.45) is 11.7 Å². The molecule has 0 radical (unpaired) electrons. The first kappa shape index (κ1) is 24.0. The van der Waals surface area contributed by atoms with E-state index in [1.807, 2.05) is 4.90 Å². The van der Waals surface area contributed by atoms with Crippen LogP contribution in [0.3, 0.4) is 0 Å². The minimum atomic E-state index is -0.434. The predicted octanol–water partition coefficient (Wildman–Crippen LogP) is 0.554. The molecule has 0 bridgehead atoms. The van der Waals surface area contributed by atoms with E-state index in [2.05, 4.69) is 30.9 Å². The van der Waals surface area contributed by atoms with Crippen molar-refractivity contribution in [1.29, 1.82) is 5.41 Å². The van der Waals surface area contributed by atoms with E-state index < -0.39 is 5.91 Å². The van der Waals surface area contributed by atoms with Crippen LogP contribution in [0.25, 0.3) is 11.0 Å². The zero-order valence-electron chi connectivity index (χ0n) is 20.0. The lowest BCUT2D eigenvalue weighted by atomic mass is 9.97. The number of likely N-dealkylation sites (tertiary alicyclic amines) is 1. The van der Waals surface area contributed by atoms with E-state index in [4.69, 9.17) is 15.9 Å². The quantitative estimate of drug-likeness (QED) is 0.207. The van der Waals surface area contributed by atoms with Crippen molar-refractivity contribution in [3.63, 3.8) is 0 Å². The van der Waals surface area contributed by atoms with E-state index in [1.165, 1.54) is 12.5 Å². The maximum atomic E-state index is 12.9. The highest BCUT2D eigenvalue weighted by Crippen LogP contribution is 2.28. The Hall–Kier alpha value is -4.68. The summed E-state index contributed by atoms with van der Waals surface area (Å²) in [5.41, 5.74) is 8.04. The maximum Gasteiger partial charge on any atom is 0.272 e. The molecule has 0 saturated carbocycles. The van der Waals surface area contributed by atoms with Crippen LogP contribution in [0, 0.1) is 11.3 Å². The van der Waals surface area contributed by atoms with Crippen LogP contribution in [0.15, 0.2) is 30.7 Å². The zero-order valence-corrected chi connectivity index (χ0v) is 20.0. The Morgan fingerprint density at radius 3 is 2.78 bits per heavy atom. The molecule has 1 fully saturated rings. The number of guanidine groups is 1. The largest absolute Gasteiger partial charge is 0.482 e. The van der Waals surface area contributed by atoms with Gasteiger partial charge in [-0.05, 0) is 36.5 Å². The molecule has 0 unspecified atom stereocenters. The van der Waals surface area contributed by atoms with Crippen molar-refractivity contribution >= 4 is 40.4 Å². The lowest BCUT2D eigenvalue weighted by Crippen LogP contribution is -2.44. The second-order valence-corrected chi connectivity index (χ2v) is 9.02. The molecule has 13 heteroatoms. The molecule has 37 heavy (non-hydrogen) atoms. The fourth-order valence-electron chi connectivity index (χ4n) is 4.50. The van der Waals surface area contributed by atoms with Gasteiger partial charge in [-0.15, -0.1) is 0 Å². The van der Waals surface area contributed by atoms with Crippen molar-refractivity contribution < 1.29 is 19.1 Å². The minimum absolute atomic E-state index is 0.0244. The maximum absolute atomic E-state index is 12.9. The van der Waals surface area contributed by atoms with E-state index in [0.29, 0.717) is 53.6 Å². The summed E-state index contributed by atoms with van der Waals surface area (Å²) in [6.07, 6.45) is 4.45. The molecule has 13 nitrogen and oxygen atoms in total. The van der Waals surface area contributed by atoms with Crippen LogP contribution in [0.1, 0.15) is 39.3 Å². The van der Waals surface area contributed by atoms with Gasteiger partial charge in [0.15, 0.2) is 18.3 Å². The zero-order chi connectivity index (χ0) is 25.9. The molecule has 4 heterocycles. The molecular weight excluding hydrogens is 478 g/mol. The van der Waals surface area contributed by atoms with Gasteiger partial charge in [0.05, 0.1) is 16.8 Å². The Bertz CT molecular complexity index is 1380. The molecule has 1 aromatic carbocycles. The number of carbonyl (C=O) groups is 3. The summed E-state index contributed by atoms with van der Waals surface area (Å²) in [5.74, 6) is -0.0104.